The van der Waals surface area contributed by atoms with Gasteiger partial charge in [0, 0.05) is 12.0 Å². The lowest BCUT2D eigenvalue weighted by atomic mass is 10.1. The van der Waals surface area contributed by atoms with Crippen LogP contribution in [-0.2, 0) is 13.3 Å². The molecule has 0 amide bonds. The highest BCUT2D eigenvalue weighted by Gasteiger charge is 2.59. The van der Waals surface area contributed by atoms with Crippen molar-refractivity contribution in [3.63, 3.8) is 0 Å². The first-order valence-electron chi connectivity index (χ1n) is 5.34. The Labute approximate surface area is 90.3 Å². The highest BCUT2D eigenvalue weighted by Crippen LogP contribution is 2.39. The molecule has 6 heteroatoms. The molecule has 15 heavy (non-hydrogen) atoms. The second-order valence-corrected chi connectivity index (χ2v) is 7.62. The molecule has 0 aromatic carbocycles. The van der Waals surface area contributed by atoms with Crippen molar-refractivity contribution in [2.24, 2.45) is 0 Å². The number of hydrogen-bond donors (Lipinski definition) is 2. The van der Waals surface area contributed by atoms with Gasteiger partial charge in [-0.25, -0.2) is 0 Å². The normalized spacial score (nSPS) is 50.8. The summed E-state index contributed by atoms with van der Waals surface area (Å²) in [5, 5.41) is 19.4. The molecule has 2 N–H and O–H groups in total. The zero-order valence-corrected chi connectivity index (χ0v) is 10.2. The van der Waals surface area contributed by atoms with Crippen molar-refractivity contribution in [3.05, 3.63) is 0 Å². The lowest BCUT2D eigenvalue weighted by molar-refractivity contribution is -0.0831. The van der Waals surface area contributed by atoms with Crippen molar-refractivity contribution in [1.29, 1.82) is 0 Å². The lowest BCUT2D eigenvalue weighted by Gasteiger charge is -2.30. The van der Waals surface area contributed by atoms with E-state index < -0.39 is 27.3 Å². The minimum Gasteiger partial charge on any atom is -0.390 e. The Morgan fingerprint density at radius 1 is 1.20 bits per heavy atom. The predicted octanol–water partition coefficient (Wildman–Crippen LogP) is 0.239. The number of rotatable bonds is 1. The largest absolute Gasteiger partial charge is 0.506 e. The molecule has 2 saturated heterocycles. The minimum absolute atomic E-state index is 0.0879. The van der Waals surface area contributed by atoms with Gasteiger partial charge in [0.1, 0.15) is 6.10 Å². The Morgan fingerprint density at radius 2 is 1.87 bits per heavy atom. The second-order valence-electron chi connectivity index (χ2n) is 4.55. The van der Waals surface area contributed by atoms with Gasteiger partial charge in [-0.3, -0.25) is 0 Å². The van der Waals surface area contributed by atoms with Crippen LogP contribution in [0.3, 0.4) is 0 Å². The summed E-state index contributed by atoms with van der Waals surface area (Å²) in [5.41, 5.74) is 0.0879. The number of fused-ring (bicyclic) bond motifs is 2. The van der Waals surface area contributed by atoms with E-state index in [1.165, 1.54) is 0 Å². The molecule has 0 aromatic rings. The zero-order chi connectivity index (χ0) is 11.2. The molecular formula is C9H18O5Si. The Balaban J connectivity index is 2.24. The van der Waals surface area contributed by atoms with Crippen molar-refractivity contribution in [1.82, 2.24) is 0 Å². The Hall–Kier alpha value is 0.0169. The van der Waals surface area contributed by atoms with Gasteiger partial charge in [0.05, 0.1) is 12.2 Å². The molecule has 0 aromatic heterocycles. The fourth-order valence-corrected chi connectivity index (χ4v) is 4.72. The molecule has 2 bridgehead atoms. The molecule has 5 unspecified atom stereocenters. The van der Waals surface area contributed by atoms with E-state index in [1.54, 1.807) is 0 Å². The van der Waals surface area contributed by atoms with Gasteiger partial charge >= 0.3 is 8.80 Å². The van der Waals surface area contributed by atoms with Crippen LogP contribution in [0.1, 0.15) is 27.2 Å². The van der Waals surface area contributed by atoms with Crippen LogP contribution in [0.2, 0.25) is 5.54 Å². The van der Waals surface area contributed by atoms with Gasteiger partial charge in [-0.1, -0.05) is 13.8 Å². The van der Waals surface area contributed by atoms with Crippen LogP contribution in [0.15, 0.2) is 0 Å². The first-order valence-corrected chi connectivity index (χ1v) is 7.14. The van der Waals surface area contributed by atoms with Gasteiger partial charge in [-0.15, -0.1) is 0 Å². The molecule has 2 aliphatic rings. The zero-order valence-electron chi connectivity index (χ0n) is 9.21. The molecule has 5 nitrogen and oxygen atoms in total. The third-order valence-corrected chi connectivity index (χ3v) is 6.31. The predicted molar refractivity (Wildman–Crippen MR) is 54.0 cm³/mol. The first kappa shape index (κ1) is 11.5. The maximum absolute atomic E-state index is 9.74. The highest BCUT2D eigenvalue weighted by molar-refractivity contribution is 6.62. The lowest BCUT2D eigenvalue weighted by Crippen LogP contribution is -2.48. The van der Waals surface area contributed by atoms with Gasteiger partial charge in [0.2, 0.25) is 0 Å². The second kappa shape index (κ2) is 3.79. The fourth-order valence-electron chi connectivity index (χ4n) is 1.94. The summed E-state index contributed by atoms with van der Waals surface area (Å²) in [6.45, 7) is 5.71. The third kappa shape index (κ3) is 1.86. The molecule has 5 atom stereocenters. The van der Waals surface area contributed by atoms with E-state index >= 15 is 0 Å². The van der Waals surface area contributed by atoms with Crippen LogP contribution in [0.25, 0.3) is 0 Å². The Morgan fingerprint density at radius 3 is 2.47 bits per heavy atom. The Bertz CT molecular complexity index is 249. The number of aliphatic hydroxyl groups excluding tert-OH is 2. The molecule has 2 aliphatic heterocycles. The van der Waals surface area contributed by atoms with E-state index in [4.69, 9.17) is 13.3 Å². The van der Waals surface area contributed by atoms with E-state index in [9.17, 15) is 10.2 Å². The van der Waals surface area contributed by atoms with Gasteiger partial charge in [-0.2, -0.15) is 0 Å². The topological polar surface area (TPSA) is 68.2 Å². The molecule has 0 spiro atoms. The number of aliphatic hydroxyl groups is 2. The van der Waals surface area contributed by atoms with E-state index in [-0.39, 0.29) is 11.6 Å². The average molecular weight is 234 g/mol. The molecular weight excluding hydrogens is 216 g/mol. The van der Waals surface area contributed by atoms with Gasteiger partial charge in [-0.05, 0) is 6.92 Å². The van der Waals surface area contributed by atoms with Crippen LogP contribution < -0.4 is 0 Å². The summed E-state index contributed by atoms with van der Waals surface area (Å²) in [4.78, 5) is 0. The van der Waals surface area contributed by atoms with Crippen LogP contribution >= 0.6 is 0 Å². The number of hydrogen-bond acceptors (Lipinski definition) is 5. The maximum atomic E-state index is 9.74. The van der Waals surface area contributed by atoms with Gasteiger partial charge < -0.3 is 23.5 Å². The van der Waals surface area contributed by atoms with Crippen LogP contribution in [0.4, 0.5) is 0 Å². The van der Waals surface area contributed by atoms with Crippen molar-refractivity contribution >= 4 is 8.80 Å². The summed E-state index contributed by atoms with van der Waals surface area (Å²) < 4.78 is 16.9. The first-order chi connectivity index (χ1) is 6.94. The van der Waals surface area contributed by atoms with E-state index in [0.29, 0.717) is 6.42 Å². The standard InChI is InChI=1S/C9H18O5Si/c1-5(2)15-12-6(3)7(10)4-8(13-15)9(11)14-15/h5-11H,4H2,1-3H3. The summed E-state index contributed by atoms with van der Waals surface area (Å²) in [6.07, 6.45) is -1.93. The molecule has 2 heterocycles. The van der Waals surface area contributed by atoms with Crippen LogP contribution in [0.5, 0.6) is 0 Å². The van der Waals surface area contributed by atoms with Crippen molar-refractivity contribution in [2.45, 2.75) is 57.3 Å². The maximum Gasteiger partial charge on any atom is 0.506 e. The smallest absolute Gasteiger partial charge is 0.390 e. The molecule has 2 fully saturated rings. The average Bonchev–Trinajstić information content (AvgIpc) is 2.37. The summed E-state index contributed by atoms with van der Waals surface area (Å²) in [5.74, 6) is 0. The highest BCUT2D eigenvalue weighted by atomic mass is 28.4. The van der Waals surface area contributed by atoms with Gasteiger partial charge in [0.25, 0.3) is 0 Å². The molecule has 0 aliphatic carbocycles. The molecule has 88 valence electrons. The van der Waals surface area contributed by atoms with Crippen molar-refractivity contribution in [3.8, 4) is 0 Å². The SMILES string of the molecule is CC1O[Si]2(C(C)C)OC(O)C(CC1O)O2. The third-order valence-electron chi connectivity index (χ3n) is 2.99. The van der Waals surface area contributed by atoms with E-state index in [1.807, 2.05) is 20.8 Å². The summed E-state index contributed by atoms with van der Waals surface area (Å²) >= 11 is 0. The van der Waals surface area contributed by atoms with Crippen molar-refractivity contribution < 1.29 is 23.5 Å². The monoisotopic (exact) mass is 234 g/mol. The summed E-state index contributed by atoms with van der Waals surface area (Å²) in [6, 6.07) is 0. The summed E-state index contributed by atoms with van der Waals surface area (Å²) in [7, 11) is -2.79. The van der Waals surface area contributed by atoms with Crippen LogP contribution in [-0.4, -0.2) is 43.6 Å². The molecule has 0 saturated carbocycles. The molecule has 2 rings (SSSR count). The van der Waals surface area contributed by atoms with Crippen LogP contribution in [0, 0.1) is 0 Å². The molecule has 0 radical (unpaired) electrons. The fraction of sp³-hybridized carbons (Fsp3) is 1.00. The van der Waals surface area contributed by atoms with Crippen molar-refractivity contribution in [2.75, 3.05) is 0 Å². The minimum atomic E-state index is -2.79. The van der Waals surface area contributed by atoms with E-state index in [0.717, 1.165) is 0 Å². The van der Waals surface area contributed by atoms with Gasteiger partial charge in [0.15, 0.2) is 6.29 Å². The quantitative estimate of drug-likeness (QED) is 0.636. The Kier molecular flexibility index (Phi) is 2.91. The van der Waals surface area contributed by atoms with E-state index in [2.05, 4.69) is 0 Å².